The fourth-order valence-corrected chi connectivity index (χ4v) is 4.67. The topological polar surface area (TPSA) is 138 Å². The summed E-state index contributed by atoms with van der Waals surface area (Å²) in [5.41, 5.74) is 6.54. The van der Waals surface area contributed by atoms with Gasteiger partial charge in [-0.05, 0) is 49.6 Å². The van der Waals surface area contributed by atoms with Gasteiger partial charge in [-0.3, -0.25) is 19.8 Å². The summed E-state index contributed by atoms with van der Waals surface area (Å²) in [5.74, 6) is -0.175. The number of hydrogen-bond donors (Lipinski definition) is 4. The number of nitrogen functional groups attached to an aromatic ring is 1. The summed E-state index contributed by atoms with van der Waals surface area (Å²) in [6, 6.07) is 8.04. The van der Waals surface area contributed by atoms with Crippen molar-refractivity contribution in [2.24, 2.45) is 5.73 Å². The number of nitrogens with one attached hydrogen (secondary N) is 3. The van der Waals surface area contributed by atoms with Crippen molar-refractivity contribution in [2.75, 3.05) is 19.7 Å². The van der Waals surface area contributed by atoms with Crippen molar-refractivity contribution in [1.29, 1.82) is 5.41 Å². The maximum atomic E-state index is 12.7. The molecule has 1 aromatic carbocycles. The van der Waals surface area contributed by atoms with Crippen molar-refractivity contribution in [3.63, 3.8) is 0 Å². The molecule has 1 aromatic heterocycles. The van der Waals surface area contributed by atoms with Crippen LogP contribution in [0.15, 0.2) is 35.7 Å². The Morgan fingerprint density at radius 1 is 1.17 bits per heavy atom. The Balaban J connectivity index is 1.45. The molecule has 0 radical (unpaired) electrons. The standard InChI is InChI=1S/C25H33N5O4S/c1-2-3-4-12-34-19-9-7-17(8-10-19)24(32)29-15-22(31)30-11-5-6-21(30)25(33)28-14-20-13-18(16-35-20)23(26)27/h7-10,13,16,21H,2-6,11-12,14-15H2,1H3,(H3,26,27)(H,28,33)(H,29,32)/t21-/m0/s1. The minimum Gasteiger partial charge on any atom is -0.494 e. The summed E-state index contributed by atoms with van der Waals surface area (Å²) in [5, 5.41) is 14.7. The number of thiophene rings is 1. The Morgan fingerprint density at radius 2 is 1.94 bits per heavy atom. The van der Waals surface area contributed by atoms with Gasteiger partial charge in [0.15, 0.2) is 0 Å². The largest absolute Gasteiger partial charge is 0.494 e. The van der Waals surface area contributed by atoms with Crippen LogP contribution in [0.3, 0.4) is 0 Å². The summed E-state index contributed by atoms with van der Waals surface area (Å²) in [7, 11) is 0. The van der Waals surface area contributed by atoms with Gasteiger partial charge in [-0.1, -0.05) is 19.8 Å². The van der Waals surface area contributed by atoms with Crippen LogP contribution in [0, 0.1) is 5.41 Å². The van der Waals surface area contributed by atoms with E-state index in [0.29, 0.717) is 43.0 Å². The number of carbonyl (C=O) groups is 3. The molecule has 3 amide bonds. The van der Waals surface area contributed by atoms with Gasteiger partial charge in [0.2, 0.25) is 11.8 Å². The molecule has 1 aliphatic rings. The molecule has 1 atom stereocenters. The lowest BCUT2D eigenvalue weighted by molar-refractivity contribution is -0.137. The quantitative estimate of drug-likeness (QED) is 0.202. The van der Waals surface area contributed by atoms with Gasteiger partial charge >= 0.3 is 0 Å². The molecule has 1 aliphatic heterocycles. The van der Waals surface area contributed by atoms with Crippen molar-refractivity contribution >= 4 is 34.9 Å². The highest BCUT2D eigenvalue weighted by Crippen LogP contribution is 2.19. The van der Waals surface area contributed by atoms with Crippen LogP contribution in [0.2, 0.25) is 0 Å². The zero-order valence-electron chi connectivity index (χ0n) is 20.0. The molecular formula is C25H33N5O4S. The Bertz CT molecular complexity index is 1040. The van der Waals surface area contributed by atoms with Gasteiger partial charge in [0.25, 0.3) is 5.91 Å². The third kappa shape index (κ3) is 7.54. The average Bonchev–Trinajstić information content (AvgIpc) is 3.54. The highest BCUT2D eigenvalue weighted by atomic mass is 32.1. The number of benzene rings is 1. The van der Waals surface area contributed by atoms with Crippen LogP contribution in [-0.2, 0) is 16.1 Å². The number of nitrogens with two attached hydrogens (primary N) is 1. The minimum absolute atomic E-state index is 0.0138. The van der Waals surface area contributed by atoms with Gasteiger partial charge in [-0.2, -0.15) is 0 Å². The lowest BCUT2D eigenvalue weighted by Gasteiger charge is -2.24. The second-order valence-corrected chi connectivity index (χ2v) is 9.44. The maximum Gasteiger partial charge on any atom is 0.251 e. The highest BCUT2D eigenvalue weighted by molar-refractivity contribution is 7.10. The summed E-state index contributed by atoms with van der Waals surface area (Å²) < 4.78 is 5.66. The molecule has 3 rings (SSSR count). The first kappa shape index (κ1) is 26.2. The van der Waals surface area contributed by atoms with E-state index in [1.807, 2.05) is 0 Å². The van der Waals surface area contributed by atoms with Crippen molar-refractivity contribution in [2.45, 2.75) is 51.6 Å². The second kappa shape index (κ2) is 12.9. The summed E-state index contributed by atoms with van der Waals surface area (Å²) in [6.45, 7) is 3.39. The van der Waals surface area contributed by atoms with Gasteiger partial charge in [-0.15, -0.1) is 11.3 Å². The van der Waals surface area contributed by atoms with Crippen LogP contribution in [0.5, 0.6) is 5.75 Å². The molecule has 0 unspecified atom stereocenters. The Morgan fingerprint density at radius 3 is 2.63 bits per heavy atom. The van der Waals surface area contributed by atoms with E-state index < -0.39 is 6.04 Å². The monoisotopic (exact) mass is 499 g/mol. The first-order chi connectivity index (χ1) is 16.9. The van der Waals surface area contributed by atoms with Gasteiger partial charge in [0.1, 0.15) is 17.6 Å². The number of ether oxygens (including phenoxy) is 1. The molecule has 9 nitrogen and oxygen atoms in total. The zero-order chi connectivity index (χ0) is 25.2. The first-order valence-corrected chi connectivity index (χ1v) is 12.8. The van der Waals surface area contributed by atoms with E-state index in [9.17, 15) is 14.4 Å². The van der Waals surface area contributed by atoms with Crippen molar-refractivity contribution < 1.29 is 19.1 Å². The van der Waals surface area contributed by atoms with Crippen LogP contribution in [0.4, 0.5) is 0 Å². The molecule has 1 fully saturated rings. The summed E-state index contributed by atoms with van der Waals surface area (Å²) in [4.78, 5) is 40.3. The number of amidine groups is 1. The van der Waals surface area contributed by atoms with Crippen molar-refractivity contribution in [3.8, 4) is 5.75 Å². The molecule has 0 aliphatic carbocycles. The van der Waals surface area contributed by atoms with Gasteiger partial charge in [-0.25, -0.2) is 0 Å². The normalized spacial score (nSPS) is 15.0. The first-order valence-electron chi connectivity index (χ1n) is 11.9. The van der Waals surface area contributed by atoms with E-state index in [4.69, 9.17) is 15.9 Å². The predicted molar refractivity (Wildman–Crippen MR) is 136 cm³/mol. The lowest BCUT2D eigenvalue weighted by Crippen LogP contribution is -2.48. The van der Waals surface area contributed by atoms with Gasteiger partial charge < -0.3 is 26.0 Å². The molecule has 10 heteroatoms. The molecule has 2 aromatic rings. The Hall–Kier alpha value is -3.40. The van der Waals surface area contributed by atoms with Crippen LogP contribution in [0.25, 0.3) is 0 Å². The number of nitrogens with zero attached hydrogens (tertiary/aromatic N) is 1. The molecule has 2 heterocycles. The molecule has 0 bridgehead atoms. The molecular weight excluding hydrogens is 466 g/mol. The molecule has 35 heavy (non-hydrogen) atoms. The van der Waals surface area contributed by atoms with E-state index >= 15 is 0 Å². The van der Waals surface area contributed by atoms with Crippen LogP contribution in [-0.4, -0.2) is 54.2 Å². The molecule has 5 N–H and O–H groups in total. The fraction of sp³-hybridized carbons (Fsp3) is 0.440. The van der Waals surface area contributed by atoms with E-state index in [1.54, 1.807) is 35.7 Å². The van der Waals surface area contributed by atoms with Crippen molar-refractivity contribution in [3.05, 3.63) is 51.7 Å². The number of likely N-dealkylation sites (tertiary alicyclic amines) is 1. The summed E-state index contributed by atoms with van der Waals surface area (Å²) >= 11 is 1.41. The highest BCUT2D eigenvalue weighted by Gasteiger charge is 2.33. The predicted octanol–water partition coefficient (Wildman–Crippen LogP) is 2.64. The summed E-state index contributed by atoms with van der Waals surface area (Å²) in [6.07, 6.45) is 4.54. The molecule has 188 valence electrons. The van der Waals surface area contributed by atoms with Gasteiger partial charge in [0.05, 0.1) is 19.7 Å². The maximum absolute atomic E-state index is 12.7. The number of unbranched alkanes of at least 4 members (excludes halogenated alkanes) is 2. The van der Waals surface area contributed by atoms with E-state index in [0.717, 1.165) is 30.6 Å². The second-order valence-electron chi connectivity index (χ2n) is 8.44. The van der Waals surface area contributed by atoms with Crippen molar-refractivity contribution in [1.82, 2.24) is 15.5 Å². The third-order valence-electron chi connectivity index (χ3n) is 5.81. The molecule has 0 saturated carbocycles. The van der Waals surface area contributed by atoms with E-state index in [2.05, 4.69) is 17.6 Å². The molecule has 1 saturated heterocycles. The number of hydrogen-bond acceptors (Lipinski definition) is 6. The average molecular weight is 500 g/mol. The third-order valence-corrected chi connectivity index (χ3v) is 6.75. The lowest BCUT2D eigenvalue weighted by atomic mass is 10.2. The Labute approximate surface area is 209 Å². The van der Waals surface area contributed by atoms with Crippen LogP contribution < -0.4 is 21.1 Å². The number of carbonyl (C=O) groups excluding carboxylic acids is 3. The van der Waals surface area contributed by atoms with E-state index in [1.165, 1.54) is 16.2 Å². The van der Waals surface area contributed by atoms with E-state index in [-0.39, 0.29) is 30.1 Å². The van der Waals surface area contributed by atoms with Crippen LogP contribution in [0.1, 0.15) is 59.8 Å². The fourth-order valence-electron chi connectivity index (χ4n) is 3.85. The smallest absolute Gasteiger partial charge is 0.251 e. The SMILES string of the molecule is CCCCCOc1ccc(C(=O)NCC(=O)N2CCC[C@H]2C(=O)NCc2cc(C(=N)N)cs2)cc1. The Kier molecular flexibility index (Phi) is 9.66. The number of amides is 3. The molecule has 0 spiro atoms. The van der Waals surface area contributed by atoms with Crippen LogP contribution >= 0.6 is 11.3 Å². The number of rotatable bonds is 12. The van der Waals surface area contributed by atoms with Gasteiger partial charge in [0, 0.05) is 27.9 Å². The zero-order valence-corrected chi connectivity index (χ0v) is 20.8. The minimum atomic E-state index is -0.559.